The Morgan fingerprint density at radius 2 is 2.29 bits per heavy atom. The van der Waals surface area contributed by atoms with Crippen molar-refractivity contribution in [1.29, 1.82) is 0 Å². The molecule has 1 N–H and O–H groups in total. The van der Waals surface area contributed by atoms with Crippen LogP contribution in [0, 0.1) is 0 Å². The zero-order valence-corrected chi connectivity index (χ0v) is 10.3. The molecule has 94 valence electrons. The van der Waals surface area contributed by atoms with Gasteiger partial charge in [0.25, 0.3) is 0 Å². The van der Waals surface area contributed by atoms with Crippen molar-refractivity contribution < 1.29 is 9.47 Å². The highest BCUT2D eigenvalue weighted by Gasteiger charge is 1.95. The highest BCUT2D eigenvalue weighted by Crippen LogP contribution is 2.05. The van der Waals surface area contributed by atoms with Crippen LogP contribution in [-0.2, 0) is 11.3 Å². The van der Waals surface area contributed by atoms with Gasteiger partial charge in [0.15, 0.2) is 0 Å². The summed E-state index contributed by atoms with van der Waals surface area (Å²) in [5.74, 6) is 0.640. The first-order valence-corrected chi connectivity index (χ1v) is 5.75. The Kier molecular flexibility index (Phi) is 7.02. The first kappa shape index (κ1) is 13.7. The van der Waals surface area contributed by atoms with Crippen molar-refractivity contribution in [2.75, 3.05) is 26.9 Å². The number of nitrogens with one attached hydrogen (secondary N) is 1. The van der Waals surface area contributed by atoms with Crippen molar-refractivity contribution in [2.45, 2.75) is 13.0 Å². The molecule has 0 aromatic carbocycles. The van der Waals surface area contributed by atoms with Gasteiger partial charge in [-0.2, -0.15) is 0 Å². The van der Waals surface area contributed by atoms with E-state index in [1.165, 1.54) is 0 Å². The van der Waals surface area contributed by atoms with Gasteiger partial charge in [-0.15, -0.1) is 6.58 Å². The van der Waals surface area contributed by atoms with E-state index in [0.717, 1.165) is 38.3 Å². The Balaban J connectivity index is 2.07. The molecule has 0 spiro atoms. The Hall–Kier alpha value is -1.39. The van der Waals surface area contributed by atoms with E-state index in [1.54, 1.807) is 7.11 Å². The molecule has 0 radical (unpaired) electrons. The van der Waals surface area contributed by atoms with Gasteiger partial charge in [-0.25, -0.2) is 4.98 Å². The van der Waals surface area contributed by atoms with E-state index in [2.05, 4.69) is 16.9 Å². The maximum absolute atomic E-state index is 5.38. The molecule has 17 heavy (non-hydrogen) atoms. The number of aromatic nitrogens is 1. The molecule has 1 heterocycles. The van der Waals surface area contributed by atoms with Crippen LogP contribution in [0.4, 0.5) is 0 Å². The van der Waals surface area contributed by atoms with Crippen molar-refractivity contribution in [3.8, 4) is 5.88 Å². The molecule has 0 bridgehead atoms. The number of rotatable bonds is 9. The molecule has 4 nitrogen and oxygen atoms in total. The van der Waals surface area contributed by atoms with Crippen LogP contribution in [0.3, 0.4) is 0 Å². The molecule has 0 amide bonds. The minimum atomic E-state index is 0.640. The summed E-state index contributed by atoms with van der Waals surface area (Å²) >= 11 is 0. The summed E-state index contributed by atoms with van der Waals surface area (Å²) in [5, 5.41) is 3.28. The third-order valence-corrected chi connectivity index (χ3v) is 2.23. The quantitative estimate of drug-likeness (QED) is 0.524. The number of hydrogen-bond acceptors (Lipinski definition) is 4. The molecule has 1 aromatic rings. The topological polar surface area (TPSA) is 43.4 Å². The van der Waals surface area contributed by atoms with Crippen molar-refractivity contribution in [3.05, 3.63) is 36.5 Å². The van der Waals surface area contributed by atoms with Gasteiger partial charge < -0.3 is 14.8 Å². The third kappa shape index (κ3) is 6.04. The highest BCUT2D eigenvalue weighted by molar-refractivity contribution is 5.17. The second kappa shape index (κ2) is 8.73. The summed E-state index contributed by atoms with van der Waals surface area (Å²) in [6.07, 6.45) is 4.57. The number of nitrogens with zero attached hydrogens (tertiary/aromatic N) is 1. The van der Waals surface area contributed by atoms with Crippen LogP contribution in [0.5, 0.6) is 5.88 Å². The number of pyridine rings is 1. The Labute approximate surface area is 103 Å². The van der Waals surface area contributed by atoms with E-state index in [9.17, 15) is 0 Å². The first-order valence-electron chi connectivity index (χ1n) is 5.75. The fraction of sp³-hybridized carbons (Fsp3) is 0.462. The van der Waals surface area contributed by atoms with Crippen molar-refractivity contribution in [2.24, 2.45) is 0 Å². The van der Waals surface area contributed by atoms with Gasteiger partial charge in [-0.05, 0) is 12.0 Å². The molecule has 0 aliphatic rings. The monoisotopic (exact) mass is 236 g/mol. The smallest absolute Gasteiger partial charge is 0.212 e. The molecule has 0 aliphatic carbocycles. The van der Waals surface area contributed by atoms with Gasteiger partial charge in [0.05, 0.1) is 20.3 Å². The molecule has 0 saturated carbocycles. The van der Waals surface area contributed by atoms with Crippen molar-refractivity contribution in [1.82, 2.24) is 10.3 Å². The minimum Gasteiger partial charge on any atom is -0.481 e. The summed E-state index contributed by atoms with van der Waals surface area (Å²) in [4.78, 5) is 4.13. The molecule has 0 aliphatic heterocycles. The Morgan fingerprint density at radius 3 is 2.94 bits per heavy atom. The Morgan fingerprint density at radius 1 is 1.41 bits per heavy atom. The summed E-state index contributed by atoms with van der Waals surface area (Å²) in [6.45, 7) is 6.73. The van der Waals surface area contributed by atoms with Crippen molar-refractivity contribution in [3.63, 3.8) is 0 Å². The number of hydrogen-bond donors (Lipinski definition) is 1. The highest BCUT2D eigenvalue weighted by atomic mass is 16.5. The van der Waals surface area contributed by atoms with Crippen molar-refractivity contribution >= 4 is 0 Å². The molecule has 4 heteroatoms. The lowest BCUT2D eigenvalue weighted by molar-refractivity contribution is 0.140. The Bertz CT molecular complexity index is 312. The van der Waals surface area contributed by atoms with Gasteiger partial charge in [0.2, 0.25) is 5.88 Å². The van der Waals surface area contributed by atoms with Gasteiger partial charge in [-0.1, -0.05) is 12.1 Å². The molecule has 0 unspecified atom stereocenters. The van der Waals surface area contributed by atoms with Crippen LogP contribution in [0.2, 0.25) is 0 Å². The average molecular weight is 236 g/mol. The molecule has 0 fully saturated rings. The van der Waals surface area contributed by atoms with Crippen LogP contribution in [0.25, 0.3) is 0 Å². The lowest BCUT2D eigenvalue weighted by Crippen LogP contribution is -2.19. The zero-order chi connectivity index (χ0) is 12.3. The average Bonchev–Trinajstić information content (AvgIpc) is 2.38. The normalized spacial score (nSPS) is 10.2. The number of ether oxygens (including phenoxy) is 2. The third-order valence-electron chi connectivity index (χ3n) is 2.23. The van der Waals surface area contributed by atoms with E-state index in [4.69, 9.17) is 9.47 Å². The van der Waals surface area contributed by atoms with E-state index in [0.29, 0.717) is 5.88 Å². The number of methoxy groups -OCH3 is 1. The second-order valence-corrected chi connectivity index (χ2v) is 3.58. The maximum atomic E-state index is 5.38. The SMILES string of the molecule is C=CCCOCCNCc1ccc(OC)nc1. The van der Waals surface area contributed by atoms with Gasteiger partial charge in [-0.3, -0.25) is 0 Å². The maximum Gasteiger partial charge on any atom is 0.212 e. The van der Waals surface area contributed by atoms with Gasteiger partial charge in [0, 0.05) is 25.4 Å². The van der Waals surface area contributed by atoms with E-state index >= 15 is 0 Å². The lowest BCUT2D eigenvalue weighted by Gasteiger charge is -2.06. The van der Waals surface area contributed by atoms with E-state index in [-0.39, 0.29) is 0 Å². The summed E-state index contributed by atoms with van der Waals surface area (Å²) in [5.41, 5.74) is 1.14. The van der Waals surface area contributed by atoms with Crippen LogP contribution in [0.15, 0.2) is 31.0 Å². The second-order valence-electron chi connectivity index (χ2n) is 3.58. The summed E-state index contributed by atoms with van der Waals surface area (Å²) in [6, 6.07) is 3.86. The summed E-state index contributed by atoms with van der Waals surface area (Å²) in [7, 11) is 1.61. The molecule has 1 aromatic heterocycles. The molecule has 0 atom stereocenters. The van der Waals surface area contributed by atoms with Gasteiger partial charge in [0.1, 0.15) is 0 Å². The van der Waals surface area contributed by atoms with Crippen LogP contribution < -0.4 is 10.1 Å². The largest absolute Gasteiger partial charge is 0.481 e. The van der Waals surface area contributed by atoms with E-state index in [1.807, 2.05) is 24.4 Å². The van der Waals surface area contributed by atoms with Gasteiger partial charge >= 0.3 is 0 Å². The molecule has 0 saturated heterocycles. The first-order chi connectivity index (χ1) is 8.36. The lowest BCUT2D eigenvalue weighted by atomic mass is 10.3. The van der Waals surface area contributed by atoms with Crippen LogP contribution >= 0.6 is 0 Å². The minimum absolute atomic E-state index is 0.640. The fourth-order valence-corrected chi connectivity index (χ4v) is 1.28. The molecular weight excluding hydrogens is 216 g/mol. The predicted octanol–water partition coefficient (Wildman–Crippen LogP) is 1.77. The zero-order valence-electron chi connectivity index (χ0n) is 10.3. The van der Waals surface area contributed by atoms with E-state index < -0.39 is 0 Å². The standard InChI is InChI=1S/C13H20N2O2/c1-3-4-8-17-9-7-14-10-12-5-6-13(16-2)15-11-12/h3,5-6,11,14H,1,4,7-10H2,2H3. The molecular formula is C13H20N2O2. The van der Waals surface area contributed by atoms with Crippen LogP contribution in [0.1, 0.15) is 12.0 Å². The fourth-order valence-electron chi connectivity index (χ4n) is 1.28. The predicted molar refractivity (Wildman–Crippen MR) is 68.1 cm³/mol. The molecule has 1 rings (SSSR count). The van der Waals surface area contributed by atoms with Crippen LogP contribution in [-0.4, -0.2) is 31.9 Å². The summed E-state index contributed by atoms with van der Waals surface area (Å²) < 4.78 is 10.4.